The summed E-state index contributed by atoms with van der Waals surface area (Å²) in [6, 6.07) is 10.9. The molecule has 35 nitrogen and oxygen atoms in total. The number of rotatable bonds is 37. The molecule has 4 aromatic rings. The predicted molar refractivity (Wildman–Crippen MR) is 340 cm³/mol. The first-order valence-electron chi connectivity index (χ1n) is 28.3. The smallest absolute Gasteiger partial charge is 0.341 e. The van der Waals surface area contributed by atoms with Crippen LogP contribution in [0, 0.1) is 21.6 Å². The van der Waals surface area contributed by atoms with Crippen molar-refractivity contribution >= 4 is 99.8 Å². The minimum atomic E-state index is -1.41. The Balaban J connectivity index is 1.63. The number of carbonyl (C=O) groups excluding carboxylic acids is 8. The molecule has 0 fully saturated rings. The van der Waals surface area contributed by atoms with E-state index in [1.54, 1.807) is 0 Å². The molecule has 4 aromatic carbocycles. The first kappa shape index (κ1) is 72.8. The van der Waals surface area contributed by atoms with Gasteiger partial charge in [-0.2, -0.15) is 0 Å². The highest BCUT2D eigenvalue weighted by Crippen LogP contribution is 2.28. The van der Waals surface area contributed by atoms with Gasteiger partial charge in [0.05, 0.1) is 49.6 Å². The van der Waals surface area contributed by atoms with Gasteiger partial charge in [0.2, 0.25) is 23.6 Å². The Morgan fingerprint density at radius 3 is 1.01 bits per heavy atom. The molecule has 0 saturated heterocycles. The van der Waals surface area contributed by atoms with E-state index < -0.39 is 84.0 Å². The second-order valence-corrected chi connectivity index (χ2v) is 20.1. The summed E-state index contributed by atoms with van der Waals surface area (Å²) in [5.41, 5.74) is 32.8. The van der Waals surface area contributed by atoms with Gasteiger partial charge in [0.15, 0.2) is 30.4 Å². The summed E-state index contributed by atoms with van der Waals surface area (Å²) >= 11 is 0. The molecular weight excluding hydrogens is 1200 g/mol. The van der Waals surface area contributed by atoms with Gasteiger partial charge in [0.25, 0.3) is 23.6 Å². The molecule has 0 bridgehead atoms. The van der Waals surface area contributed by atoms with Crippen LogP contribution in [-0.2, 0) is 24.0 Å². The van der Waals surface area contributed by atoms with E-state index in [-0.39, 0.29) is 156 Å². The average molecular weight is 1280 g/mol. The lowest BCUT2D eigenvalue weighted by molar-refractivity contribution is -0.139. The number of nitrogens with one attached hydrogen (secondary N) is 15. The van der Waals surface area contributed by atoms with Gasteiger partial charge in [-0.15, -0.1) is 0 Å². The van der Waals surface area contributed by atoms with E-state index in [1.165, 1.54) is 88.1 Å². The van der Waals surface area contributed by atoms with Gasteiger partial charge in [0.1, 0.15) is 41.1 Å². The predicted octanol–water partition coefficient (Wildman–Crippen LogP) is -1.20. The van der Waals surface area contributed by atoms with Crippen LogP contribution in [0.4, 0.5) is 22.7 Å². The van der Waals surface area contributed by atoms with Gasteiger partial charge in [0, 0.05) is 48.9 Å². The molecule has 0 aromatic heterocycles. The Morgan fingerprint density at radius 1 is 0.424 bits per heavy atom. The van der Waals surface area contributed by atoms with Crippen LogP contribution in [0.15, 0.2) is 72.8 Å². The van der Waals surface area contributed by atoms with Gasteiger partial charge >= 0.3 is 5.97 Å². The number of benzene rings is 4. The third-order valence-corrected chi connectivity index (χ3v) is 13.2. The fraction of sp³-hybridized carbons (Fsp3) is 0.351. The van der Waals surface area contributed by atoms with Crippen molar-refractivity contribution in [1.29, 1.82) is 21.6 Å². The number of aliphatic carboxylic acids is 1. The van der Waals surface area contributed by atoms with Gasteiger partial charge in [-0.25, -0.2) is 4.79 Å². The van der Waals surface area contributed by atoms with Crippen molar-refractivity contribution in [3.63, 3.8) is 0 Å². The molecule has 4 rings (SSSR count). The minimum absolute atomic E-state index is 0.0165. The van der Waals surface area contributed by atoms with Crippen LogP contribution in [0.25, 0.3) is 0 Å². The van der Waals surface area contributed by atoms with E-state index >= 15 is 0 Å². The summed E-state index contributed by atoms with van der Waals surface area (Å²) < 4.78 is 21.6. The molecule has 92 heavy (non-hydrogen) atoms. The largest absolute Gasteiger partial charge is 0.496 e. The van der Waals surface area contributed by atoms with Crippen LogP contribution in [0.2, 0.25) is 0 Å². The standard InChI is InChI=1S/C57H79N21O14/c1-89-41-16-12-29(24-33(41)46(59)81)73-51(86)40(11-7-23-71-57(66)67)78-49(84)36-27-32(15-19-44(36)92-28-45(79)80)75-53(88)39(10-6-22-70-56(64)65)77-48(83)35-26-31(14-18-43(35)91-3)74-52(87)38(9-5-21-69-55(62)63)76-47(82)34-25-30(13-17-42(34)90-2)72-50(85)37(58)8-4-20-68-54(60)61/h12-19,24-27,37-40H,4-11,20-23,28,58H2,1-3H3,(H2,59,81)(H,72,85)(H,73,86)(H,74,87)(H,75,88)(H,76,82)(H,77,83)(H,78,84)(H,79,80)(H4,60,61,68)(H4,62,63,69)(H4,64,65,70)(H4,66,67,71)/t37-,38-,39-,40-/m1/s1. The maximum atomic E-state index is 14.4. The molecule has 0 aliphatic carbocycles. The van der Waals surface area contributed by atoms with Crippen molar-refractivity contribution in [3.05, 3.63) is 95.1 Å². The Hall–Kier alpha value is -11.7. The summed E-state index contributed by atoms with van der Waals surface area (Å²) in [4.78, 5) is 122. The van der Waals surface area contributed by atoms with Gasteiger partial charge in [-0.3, -0.25) is 60.0 Å². The van der Waals surface area contributed by atoms with Crippen molar-refractivity contribution in [2.24, 2.45) is 34.4 Å². The second-order valence-electron chi connectivity index (χ2n) is 20.1. The Kier molecular flexibility index (Phi) is 29.0. The third-order valence-electron chi connectivity index (χ3n) is 13.2. The molecule has 0 radical (unpaired) electrons. The number of carboxylic acid groups (broad SMARTS) is 1. The molecule has 28 N–H and O–H groups in total. The number of hydrogen-bond acceptors (Lipinski definition) is 18. The highest BCUT2D eigenvalue weighted by molar-refractivity contribution is 6.08. The van der Waals surface area contributed by atoms with Crippen LogP contribution in [-0.4, -0.2) is 160 Å². The molecular formula is C57H79N21O14. The zero-order chi connectivity index (χ0) is 68.0. The first-order chi connectivity index (χ1) is 43.7. The minimum Gasteiger partial charge on any atom is -0.496 e. The number of guanidine groups is 4. The maximum absolute atomic E-state index is 14.4. The molecule has 35 heteroatoms. The quantitative estimate of drug-likeness (QED) is 0.0143. The number of hydrogen-bond donors (Lipinski definition) is 22. The summed E-state index contributed by atoms with van der Waals surface area (Å²) in [7, 11) is 3.89. The van der Waals surface area contributed by atoms with Crippen molar-refractivity contribution < 1.29 is 67.2 Å². The van der Waals surface area contributed by atoms with Gasteiger partial charge in [-0.1, -0.05) is 0 Å². The van der Waals surface area contributed by atoms with Crippen molar-refractivity contribution in [3.8, 4) is 23.0 Å². The fourth-order valence-corrected chi connectivity index (χ4v) is 8.66. The van der Waals surface area contributed by atoms with E-state index in [9.17, 15) is 48.3 Å². The molecule has 0 aliphatic heterocycles. The summed E-state index contributed by atoms with van der Waals surface area (Å²) in [5.74, 6) is -9.36. The first-order valence-corrected chi connectivity index (χ1v) is 28.3. The topological polar surface area (TPSA) is 595 Å². The molecule has 0 saturated carbocycles. The summed E-state index contributed by atoms with van der Waals surface area (Å²) in [6.07, 6.45) is 0.930. The lowest BCUT2D eigenvalue weighted by atomic mass is 10.1. The Morgan fingerprint density at radius 2 is 0.707 bits per heavy atom. The monoisotopic (exact) mass is 1280 g/mol. The summed E-state index contributed by atoms with van der Waals surface area (Å²) in [5, 5.41) is 68.5. The lowest BCUT2D eigenvalue weighted by Crippen LogP contribution is -2.45. The van der Waals surface area contributed by atoms with Crippen molar-refractivity contribution in [2.75, 3.05) is 75.4 Å². The third kappa shape index (κ3) is 24.1. The van der Waals surface area contributed by atoms with Crippen LogP contribution in [0.5, 0.6) is 23.0 Å². The number of amides is 8. The highest BCUT2D eigenvalue weighted by Gasteiger charge is 2.29. The van der Waals surface area contributed by atoms with E-state index in [4.69, 9.17) is 75.0 Å². The number of primary amides is 1. The lowest BCUT2D eigenvalue weighted by Gasteiger charge is -2.22. The van der Waals surface area contributed by atoms with E-state index in [0.29, 0.717) is 13.0 Å². The van der Waals surface area contributed by atoms with Crippen molar-refractivity contribution in [2.45, 2.75) is 75.5 Å². The normalized spacial score (nSPS) is 11.8. The van der Waals surface area contributed by atoms with Crippen LogP contribution in [0.1, 0.15) is 92.8 Å². The molecule has 0 aliphatic rings. The molecule has 4 atom stereocenters. The zero-order valence-corrected chi connectivity index (χ0v) is 50.6. The highest BCUT2D eigenvalue weighted by atomic mass is 16.5. The number of ether oxygens (including phenoxy) is 4. The van der Waals surface area contributed by atoms with Crippen LogP contribution in [0.3, 0.4) is 0 Å². The fourth-order valence-electron chi connectivity index (χ4n) is 8.66. The average Bonchev–Trinajstić information content (AvgIpc) is 1.01. The maximum Gasteiger partial charge on any atom is 0.341 e. The van der Waals surface area contributed by atoms with E-state index in [1.807, 2.05) is 0 Å². The second kappa shape index (κ2) is 36.6. The molecule has 0 heterocycles. The Bertz CT molecular complexity index is 3370. The van der Waals surface area contributed by atoms with Gasteiger partial charge in [-0.05, 0) is 124 Å². The number of carboxylic acids is 1. The molecule has 0 spiro atoms. The number of nitrogens with two attached hydrogens (primary N) is 6. The van der Waals surface area contributed by atoms with Gasteiger partial charge < -0.3 is 117 Å². The van der Waals surface area contributed by atoms with Crippen LogP contribution < -0.4 is 112 Å². The zero-order valence-electron chi connectivity index (χ0n) is 50.6. The Labute approximate surface area is 527 Å². The van der Waals surface area contributed by atoms with E-state index in [2.05, 4.69) is 58.5 Å². The SMILES string of the molecule is COc1ccc(NC(=O)[C@@H](CCCNC(=N)N)NC(=O)c2cc(NC(=O)[C@@H](CCCNC(=N)N)NC(=O)c3cc(NC(=O)[C@@H](CCCNC(=N)N)NC(=O)c4cc(NC(=O)[C@H](N)CCCNC(=N)N)ccc4OC)ccc3OC)ccc2OCC(=O)O)cc1C(N)=O. The molecule has 0 unspecified atom stereocenters. The molecule has 496 valence electrons. The number of anilines is 4. The van der Waals surface area contributed by atoms with Crippen LogP contribution >= 0.6 is 0 Å². The number of carbonyl (C=O) groups is 9. The summed E-state index contributed by atoms with van der Waals surface area (Å²) in [6.45, 7) is -0.316. The van der Waals surface area contributed by atoms with Crippen molar-refractivity contribution in [1.82, 2.24) is 37.2 Å². The molecule has 8 amide bonds. The van der Waals surface area contributed by atoms with E-state index in [0.717, 1.165) is 6.07 Å². The number of methoxy groups -OCH3 is 3.